The summed E-state index contributed by atoms with van der Waals surface area (Å²) in [5.74, 6) is 0. The number of aromatic nitrogens is 3. The molecule has 0 saturated heterocycles. The smallest absolute Gasteiger partial charge is 0.179 e. The number of halogens is 1. The van der Waals surface area contributed by atoms with Crippen molar-refractivity contribution < 1.29 is 0 Å². The number of imidazole rings is 1. The third-order valence-electron chi connectivity index (χ3n) is 1.48. The summed E-state index contributed by atoms with van der Waals surface area (Å²) in [7, 11) is 0. The molecule has 4 heteroatoms. The van der Waals surface area contributed by atoms with Crippen LogP contribution in [0.4, 0.5) is 0 Å². The van der Waals surface area contributed by atoms with Gasteiger partial charge in [-0.2, -0.15) is 0 Å². The fourth-order valence-corrected chi connectivity index (χ4v) is 1.30. The van der Waals surface area contributed by atoms with Crippen molar-refractivity contribution in [2.75, 3.05) is 0 Å². The fraction of sp³-hybridized carbons (Fsp3) is 0.333. The van der Waals surface area contributed by atoms with Gasteiger partial charge in [-0.25, -0.2) is 9.97 Å². The summed E-state index contributed by atoms with van der Waals surface area (Å²) in [5.41, 5.74) is 2.36. The maximum absolute atomic E-state index is 5.89. The van der Waals surface area contributed by atoms with Crippen molar-refractivity contribution in [3.63, 3.8) is 0 Å². The van der Waals surface area contributed by atoms with Gasteiger partial charge in [0.05, 0.1) is 11.3 Å². The monoisotopic (exact) mass is 197 g/mol. The zero-order valence-electron chi connectivity index (χ0n) is 7.93. The predicted molar refractivity (Wildman–Crippen MR) is 55.0 cm³/mol. The topological polar surface area (TPSA) is 41.6 Å². The molecule has 0 saturated carbocycles. The molecule has 3 nitrogen and oxygen atoms in total. The van der Waals surface area contributed by atoms with E-state index < -0.39 is 0 Å². The Morgan fingerprint density at radius 2 is 2.08 bits per heavy atom. The first-order valence-corrected chi connectivity index (χ1v) is 4.61. The summed E-state index contributed by atoms with van der Waals surface area (Å²) in [5, 5.41) is 0.671. The summed E-state index contributed by atoms with van der Waals surface area (Å²) in [4.78, 5) is 11.1. The molecule has 0 aliphatic heterocycles. The van der Waals surface area contributed by atoms with Crippen LogP contribution in [0.5, 0.6) is 0 Å². The molecule has 0 aliphatic carbocycles. The highest BCUT2D eigenvalue weighted by atomic mass is 35.5. The molecule has 0 aliphatic rings. The third kappa shape index (κ3) is 1.98. The van der Waals surface area contributed by atoms with Crippen molar-refractivity contribution in [3.8, 4) is 0 Å². The number of hydrogen-bond acceptors (Lipinski definition) is 2. The van der Waals surface area contributed by atoms with Crippen molar-refractivity contribution in [3.05, 3.63) is 23.1 Å². The maximum atomic E-state index is 5.89. The number of pyridine rings is 1. The molecular formula is C9H12ClN3. The molecule has 70 valence electrons. The Kier molecular flexibility index (Phi) is 3.25. The van der Waals surface area contributed by atoms with E-state index in [4.69, 9.17) is 11.6 Å². The average molecular weight is 198 g/mol. The van der Waals surface area contributed by atoms with Crippen molar-refractivity contribution in [2.24, 2.45) is 0 Å². The molecule has 2 aromatic heterocycles. The van der Waals surface area contributed by atoms with Crippen LogP contribution in [-0.4, -0.2) is 15.0 Å². The molecule has 0 fully saturated rings. The van der Waals surface area contributed by atoms with Crippen LogP contribution in [0.1, 0.15) is 19.5 Å². The minimum Gasteiger partial charge on any atom is -0.342 e. The van der Waals surface area contributed by atoms with Crippen molar-refractivity contribution in [2.45, 2.75) is 20.8 Å². The van der Waals surface area contributed by atoms with E-state index in [0.29, 0.717) is 10.7 Å². The Bertz CT molecular complexity index is 395. The Morgan fingerprint density at radius 1 is 1.38 bits per heavy atom. The Morgan fingerprint density at radius 3 is 2.77 bits per heavy atom. The Balaban J connectivity index is 0.000000396. The number of nitrogens with one attached hydrogen (secondary N) is 1. The highest BCUT2D eigenvalue weighted by Gasteiger charge is 2.02. The molecule has 0 radical (unpaired) electrons. The Hall–Kier alpha value is -1.09. The Labute approximate surface area is 82.2 Å². The van der Waals surface area contributed by atoms with Crippen LogP contribution < -0.4 is 0 Å². The molecule has 0 bridgehead atoms. The minimum atomic E-state index is 0.671. The first-order chi connectivity index (χ1) is 6.27. The van der Waals surface area contributed by atoms with Gasteiger partial charge in [0.2, 0.25) is 0 Å². The maximum Gasteiger partial charge on any atom is 0.179 e. The average Bonchev–Trinajstić information content (AvgIpc) is 2.55. The lowest BCUT2D eigenvalue weighted by Gasteiger charge is -1.93. The highest BCUT2D eigenvalue weighted by molar-refractivity contribution is 6.34. The van der Waals surface area contributed by atoms with Gasteiger partial charge < -0.3 is 4.98 Å². The molecule has 2 heterocycles. The van der Waals surface area contributed by atoms with Gasteiger partial charge in [0.1, 0.15) is 5.52 Å². The van der Waals surface area contributed by atoms with Crippen molar-refractivity contribution >= 4 is 22.8 Å². The molecule has 0 unspecified atom stereocenters. The summed E-state index contributed by atoms with van der Waals surface area (Å²) >= 11 is 5.89. The van der Waals surface area contributed by atoms with Crippen LogP contribution >= 0.6 is 11.6 Å². The molecular weight excluding hydrogens is 186 g/mol. The second kappa shape index (κ2) is 4.23. The number of rotatable bonds is 0. The number of aryl methyl sites for hydroxylation is 1. The summed E-state index contributed by atoms with van der Waals surface area (Å²) in [6.45, 7) is 5.89. The van der Waals surface area contributed by atoms with Gasteiger partial charge in [-0.15, -0.1) is 0 Å². The first-order valence-electron chi connectivity index (χ1n) is 4.23. The van der Waals surface area contributed by atoms with Crippen LogP contribution in [0.3, 0.4) is 0 Å². The minimum absolute atomic E-state index is 0.671. The van der Waals surface area contributed by atoms with Gasteiger partial charge in [0, 0.05) is 5.69 Å². The van der Waals surface area contributed by atoms with Crippen LogP contribution in [0.15, 0.2) is 12.4 Å². The molecule has 2 aromatic rings. The second-order valence-electron chi connectivity index (χ2n) is 2.35. The molecule has 1 N–H and O–H groups in total. The zero-order chi connectivity index (χ0) is 9.84. The van der Waals surface area contributed by atoms with E-state index in [1.54, 1.807) is 6.33 Å². The van der Waals surface area contributed by atoms with Crippen LogP contribution in [-0.2, 0) is 0 Å². The number of hydrogen-bond donors (Lipinski definition) is 1. The van der Waals surface area contributed by atoms with E-state index in [2.05, 4.69) is 15.0 Å². The standard InChI is InChI=1S/C7H6ClN3.C2H6/c1-4-2-5(8)6-7(11-4)10-3-9-6;1-2/h2-3H,1H3,(H,9,10,11);1-2H3. The van der Waals surface area contributed by atoms with E-state index in [9.17, 15) is 0 Å². The molecule has 2 rings (SSSR count). The zero-order valence-corrected chi connectivity index (χ0v) is 8.68. The summed E-state index contributed by atoms with van der Waals surface area (Å²) in [6.07, 6.45) is 1.59. The third-order valence-corrected chi connectivity index (χ3v) is 1.77. The van der Waals surface area contributed by atoms with E-state index in [1.165, 1.54) is 0 Å². The van der Waals surface area contributed by atoms with Crippen molar-refractivity contribution in [1.82, 2.24) is 15.0 Å². The molecule has 0 amide bonds. The number of H-pyrrole nitrogens is 1. The van der Waals surface area contributed by atoms with E-state index in [1.807, 2.05) is 26.8 Å². The SMILES string of the molecule is CC.Cc1cc(Cl)c2[nH]cnc2n1. The fourth-order valence-electron chi connectivity index (χ4n) is 1.00. The highest BCUT2D eigenvalue weighted by Crippen LogP contribution is 2.18. The van der Waals surface area contributed by atoms with E-state index in [0.717, 1.165) is 11.2 Å². The first kappa shape index (κ1) is 9.99. The summed E-state index contributed by atoms with van der Waals surface area (Å²) in [6, 6.07) is 1.81. The van der Waals surface area contributed by atoms with Crippen molar-refractivity contribution in [1.29, 1.82) is 0 Å². The lowest BCUT2D eigenvalue weighted by molar-refractivity contribution is 1.22. The van der Waals surface area contributed by atoms with Crippen LogP contribution in [0.2, 0.25) is 5.02 Å². The number of nitrogens with zero attached hydrogens (tertiary/aromatic N) is 2. The quantitative estimate of drug-likeness (QED) is 0.706. The van der Waals surface area contributed by atoms with Crippen LogP contribution in [0.25, 0.3) is 11.2 Å². The number of fused-ring (bicyclic) bond motifs is 1. The molecule has 0 atom stereocenters. The largest absolute Gasteiger partial charge is 0.342 e. The van der Waals surface area contributed by atoms with Gasteiger partial charge in [-0.1, -0.05) is 25.4 Å². The van der Waals surface area contributed by atoms with E-state index >= 15 is 0 Å². The van der Waals surface area contributed by atoms with E-state index in [-0.39, 0.29) is 0 Å². The molecule has 0 spiro atoms. The van der Waals surface area contributed by atoms with Gasteiger partial charge >= 0.3 is 0 Å². The second-order valence-corrected chi connectivity index (χ2v) is 2.75. The van der Waals surface area contributed by atoms with Gasteiger partial charge in [0.25, 0.3) is 0 Å². The van der Waals surface area contributed by atoms with Gasteiger partial charge in [-0.05, 0) is 13.0 Å². The van der Waals surface area contributed by atoms with Crippen LogP contribution in [0, 0.1) is 6.92 Å². The normalized spacial score (nSPS) is 9.54. The molecule has 0 aromatic carbocycles. The molecule has 13 heavy (non-hydrogen) atoms. The lowest BCUT2D eigenvalue weighted by Crippen LogP contribution is -1.82. The predicted octanol–water partition coefficient (Wildman–Crippen LogP) is 2.95. The number of aromatic amines is 1. The van der Waals surface area contributed by atoms with Gasteiger partial charge in [-0.3, -0.25) is 0 Å². The lowest BCUT2D eigenvalue weighted by atomic mass is 10.3. The summed E-state index contributed by atoms with van der Waals surface area (Å²) < 4.78 is 0. The van der Waals surface area contributed by atoms with Gasteiger partial charge in [0.15, 0.2) is 5.65 Å².